The number of amides is 3. The molecule has 0 aromatic heterocycles. The lowest BCUT2D eigenvalue weighted by Crippen LogP contribution is -2.46. The van der Waals surface area contributed by atoms with Gasteiger partial charge in [0.05, 0.1) is 5.92 Å². The first-order chi connectivity index (χ1) is 13.5. The molecule has 2 saturated heterocycles. The van der Waals surface area contributed by atoms with Gasteiger partial charge in [0.2, 0.25) is 17.7 Å². The number of halogens is 1. The number of hydrogen-bond acceptors (Lipinski definition) is 3. The van der Waals surface area contributed by atoms with Crippen molar-refractivity contribution in [3.63, 3.8) is 0 Å². The molecule has 6 nitrogen and oxygen atoms in total. The van der Waals surface area contributed by atoms with Crippen molar-refractivity contribution in [2.75, 3.05) is 32.7 Å². The van der Waals surface area contributed by atoms with E-state index in [1.165, 1.54) is 0 Å². The summed E-state index contributed by atoms with van der Waals surface area (Å²) in [6.07, 6.45) is 4.11. The fraction of sp³-hybridized carbons (Fsp3) is 0.571. The third-order valence-electron chi connectivity index (χ3n) is 5.52. The van der Waals surface area contributed by atoms with E-state index in [9.17, 15) is 14.4 Å². The first-order valence-corrected chi connectivity index (χ1v) is 10.5. The molecule has 0 aliphatic carbocycles. The maximum atomic E-state index is 12.5. The molecule has 0 radical (unpaired) electrons. The van der Waals surface area contributed by atoms with Crippen LogP contribution in [0.15, 0.2) is 24.3 Å². The highest BCUT2D eigenvalue weighted by atomic mass is 35.5. The summed E-state index contributed by atoms with van der Waals surface area (Å²) in [5.74, 6) is 0.179. The van der Waals surface area contributed by atoms with Crippen LogP contribution in [-0.2, 0) is 20.8 Å². The maximum Gasteiger partial charge on any atom is 0.224 e. The number of piperidine rings is 1. The highest BCUT2D eigenvalue weighted by Crippen LogP contribution is 2.19. The first-order valence-electron chi connectivity index (χ1n) is 10.1. The Labute approximate surface area is 171 Å². The van der Waals surface area contributed by atoms with Gasteiger partial charge in [-0.1, -0.05) is 23.7 Å². The number of nitrogens with zero attached hydrogens (tertiary/aromatic N) is 2. The van der Waals surface area contributed by atoms with Crippen LogP contribution >= 0.6 is 11.6 Å². The Morgan fingerprint density at radius 3 is 2.50 bits per heavy atom. The second-order valence-electron chi connectivity index (χ2n) is 7.58. The molecule has 7 heteroatoms. The van der Waals surface area contributed by atoms with E-state index >= 15 is 0 Å². The molecule has 1 atom stereocenters. The van der Waals surface area contributed by atoms with Crippen LogP contribution in [0.2, 0.25) is 5.02 Å². The Kier molecular flexibility index (Phi) is 7.31. The molecule has 28 heavy (non-hydrogen) atoms. The monoisotopic (exact) mass is 405 g/mol. The van der Waals surface area contributed by atoms with Gasteiger partial charge in [0, 0.05) is 50.6 Å². The SMILES string of the molecule is O=C(NCCc1ccc(Cl)cc1)[C@@H]1CCC(=O)N(CCCN2CCCC2=O)C1. The molecule has 2 aliphatic heterocycles. The fourth-order valence-electron chi connectivity index (χ4n) is 3.86. The molecule has 1 aromatic carbocycles. The molecule has 1 N–H and O–H groups in total. The average Bonchev–Trinajstić information content (AvgIpc) is 3.09. The summed E-state index contributed by atoms with van der Waals surface area (Å²) in [4.78, 5) is 40.0. The highest BCUT2D eigenvalue weighted by Gasteiger charge is 2.30. The molecule has 2 fully saturated rings. The number of nitrogens with one attached hydrogen (secondary N) is 1. The molecule has 2 heterocycles. The van der Waals surface area contributed by atoms with Gasteiger partial charge in [0.1, 0.15) is 0 Å². The number of benzene rings is 1. The first kappa shape index (κ1) is 20.6. The van der Waals surface area contributed by atoms with Gasteiger partial charge < -0.3 is 15.1 Å². The fourth-order valence-corrected chi connectivity index (χ4v) is 3.99. The van der Waals surface area contributed by atoms with Crippen LogP contribution in [0, 0.1) is 5.92 Å². The van der Waals surface area contributed by atoms with Crippen LogP contribution in [0.5, 0.6) is 0 Å². The lowest BCUT2D eigenvalue weighted by Gasteiger charge is -2.32. The van der Waals surface area contributed by atoms with E-state index in [1.807, 2.05) is 29.2 Å². The predicted octanol–water partition coefficient (Wildman–Crippen LogP) is 2.25. The summed E-state index contributed by atoms with van der Waals surface area (Å²) in [6, 6.07) is 7.61. The summed E-state index contributed by atoms with van der Waals surface area (Å²) in [7, 11) is 0. The van der Waals surface area contributed by atoms with E-state index in [1.54, 1.807) is 4.90 Å². The topological polar surface area (TPSA) is 69.7 Å². The molecule has 0 bridgehead atoms. The Morgan fingerprint density at radius 1 is 1.07 bits per heavy atom. The van der Waals surface area contributed by atoms with E-state index in [-0.39, 0.29) is 23.6 Å². The molecular weight excluding hydrogens is 378 g/mol. The Morgan fingerprint density at radius 2 is 1.79 bits per heavy atom. The van der Waals surface area contributed by atoms with Gasteiger partial charge in [-0.3, -0.25) is 14.4 Å². The van der Waals surface area contributed by atoms with Crippen molar-refractivity contribution < 1.29 is 14.4 Å². The van der Waals surface area contributed by atoms with Crippen molar-refractivity contribution in [1.82, 2.24) is 15.1 Å². The quantitative estimate of drug-likeness (QED) is 0.721. The molecular formula is C21H28ClN3O3. The van der Waals surface area contributed by atoms with E-state index in [0.29, 0.717) is 50.5 Å². The normalized spacial score (nSPS) is 20.0. The maximum absolute atomic E-state index is 12.5. The minimum absolute atomic E-state index is 0.0150. The van der Waals surface area contributed by atoms with Gasteiger partial charge >= 0.3 is 0 Å². The summed E-state index contributed by atoms with van der Waals surface area (Å²) >= 11 is 5.88. The van der Waals surface area contributed by atoms with Crippen LogP contribution in [0.1, 0.15) is 37.7 Å². The van der Waals surface area contributed by atoms with E-state index in [0.717, 1.165) is 31.4 Å². The number of hydrogen-bond donors (Lipinski definition) is 1. The standard InChI is InChI=1S/C21H28ClN3O3/c22-18-7-4-16(5-8-18)10-11-23-21(28)17-6-9-20(27)25(15-17)14-2-13-24-12-1-3-19(24)26/h4-5,7-8,17H,1-3,6,9-15H2,(H,23,28)/t17-/m1/s1. The zero-order valence-electron chi connectivity index (χ0n) is 16.2. The number of likely N-dealkylation sites (tertiary alicyclic amines) is 2. The van der Waals surface area contributed by atoms with Gasteiger partial charge in [-0.2, -0.15) is 0 Å². The molecule has 3 rings (SSSR count). The molecule has 152 valence electrons. The second-order valence-corrected chi connectivity index (χ2v) is 8.02. The van der Waals surface area contributed by atoms with Crippen LogP contribution < -0.4 is 5.32 Å². The van der Waals surface area contributed by atoms with Gasteiger partial charge in [0.25, 0.3) is 0 Å². The van der Waals surface area contributed by atoms with Gasteiger partial charge in [0.15, 0.2) is 0 Å². The van der Waals surface area contributed by atoms with Crippen LogP contribution in [0.25, 0.3) is 0 Å². The van der Waals surface area contributed by atoms with Crippen molar-refractivity contribution >= 4 is 29.3 Å². The zero-order chi connectivity index (χ0) is 19.9. The smallest absolute Gasteiger partial charge is 0.224 e. The van der Waals surface area contributed by atoms with Crippen molar-refractivity contribution in [2.45, 2.75) is 38.5 Å². The second kappa shape index (κ2) is 9.92. The molecule has 0 spiro atoms. The van der Waals surface area contributed by atoms with Crippen LogP contribution in [0.3, 0.4) is 0 Å². The largest absolute Gasteiger partial charge is 0.355 e. The number of carbonyl (C=O) groups is 3. The molecule has 3 amide bonds. The lowest BCUT2D eigenvalue weighted by atomic mass is 9.96. The van der Waals surface area contributed by atoms with Crippen molar-refractivity contribution in [3.8, 4) is 0 Å². The zero-order valence-corrected chi connectivity index (χ0v) is 16.9. The van der Waals surface area contributed by atoms with Crippen molar-refractivity contribution in [2.24, 2.45) is 5.92 Å². The molecule has 2 aliphatic rings. The minimum atomic E-state index is -0.156. The van der Waals surface area contributed by atoms with Crippen molar-refractivity contribution in [1.29, 1.82) is 0 Å². The third kappa shape index (κ3) is 5.71. The Balaban J connectivity index is 1.39. The van der Waals surface area contributed by atoms with Gasteiger partial charge in [-0.15, -0.1) is 0 Å². The number of rotatable bonds is 8. The third-order valence-corrected chi connectivity index (χ3v) is 5.78. The van der Waals surface area contributed by atoms with E-state index in [4.69, 9.17) is 11.6 Å². The molecule has 1 aromatic rings. The van der Waals surface area contributed by atoms with Crippen LogP contribution in [0.4, 0.5) is 0 Å². The van der Waals surface area contributed by atoms with Crippen molar-refractivity contribution in [3.05, 3.63) is 34.9 Å². The number of carbonyl (C=O) groups excluding carboxylic acids is 3. The van der Waals surface area contributed by atoms with Gasteiger partial charge in [-0.25, -0.2) is 0 Å². The predicted molar refractivity (Wildman–Crippen MR) is 108 cm³/mol. The lowest BCUT2D eigenvalue weighted by molar-refractivity contribution is -0.138. The molecule has 0 saturated carbocycles. The summed E-state index contributed by atoms with van der Waals surface area (Å²) in [5.41, 5.74) is 1.13. The summed E-state index contributed by atoms with van der Waals surface area (Å²) in [5, 5.41) is 3.70. The Hall–Kier alpha value is -2.08. The summed E-state index contributed by atoms with van der Waals surface area (Å²) in [6.45, 7) is 3.17. The van der Waals surface area contributed by atoms with E-state index < -0.39 is 0 Å². The average molecular weight is 406 g/mol. The summed E-state index contributed by atoms with van der Waals surface area (Å²) < 4.78 is 0. The minimum Gasteiger partial charge on any atom is -0.355 e. The van der Waals surface area contributed by atoms with E-state index in [2.05, 4.69) is 5.32 Å². The van der Waals surface area contributed by atoms with Gasteiger partial charge in [-0.05, 0) is 43.4 Å². The van der Waals surface area contributed by atoms with Crippen LogP contribution in [-0.4, -0.2) is 60.2 Å². The highest BCUT2D eigenvalue weighted by molar-refractivity contribution is 6.30. The Bertz CT molecular complexity index is 707. The molecule has 0 unspecified atom stereocenters.